The van der Waals surface area contributed by atoms with E-state index < -0.39 is 0 Å². The van der Waals surface area contributed by atoms with E-state index in [-0.39, 0.29) is 0 Å². The van der Waals surface area contributed by atoms with Crippen molar-refractivity contribution >= 4 is 11.9 Å². The highest BCUT2D eigenvalue weighted by atomic mass is 32.2. The lowest BCUT2D eigenvalue weighted by molar-refractivity contribution is 0.798. The molecule has 1 aromatic carbocycles. The van der Waals surface area contributed by atoms with Gasteiger partial charge in [-0.15, -0.1) is 0 Å². The summed E-state index contributed by atoms with van der Waals surface area (Å²) in [6, 6.07) is 10.7. The van der Waals surface area contributed by atoms with Gasteiger partial charge in [-0.2, -0.15) is 0 Å². The van der Waals surface area contributed by atoms with Crippen LogP contribution in [0.25, 0.3) is 0 Å². The molecule has 0 unspecified atom stereocenters. The lowest BCUT2D eigenvalue weighted by atomic mass is 10.1. The van der Waals surface area contributed by atoms with Crippen molar-refractivity contribution in [2.24, 2.45) is 0 Å². The minimum Gasteiger partial charge on any atom is -0.260 e. The molecule has 0 aliphatic rings. The molecule has 1 rings (SSSR count). The fourth-order valence-corrected chi connectivity index (χ4v) is 2.18. The molecule has 0 aromatic heterocycles. The van der Waals surface area contributed by atoms with E-state index in [4.69, 9.17) is 0 Å². The predicted octanol–water partition coefficient (Wildman–Crippen LogP) is 4.17. The highest BCUT2D eigenvalue weighted by molar-refractivity contribution is 8.01. The molecule has 0 atom stereocenters. The number of aryl methyl sites for hydroxylation is 1. The average Bonchev–Trinajstić information content (AvgIpc) is 2.35. The van der Waals surface area contributed by atoms with Crippen molar-refractivity contribution in [1.82, 2.24) is 4.72 Å². The molecule has 0 amide bonds. The van der Waals surface area contributed by atoms with Gasteiger partial charge in [0.25, 0.3) is 0 Å². The van der Waals surface area contributed by atoms with Gasteiger partial charge in [-0.3, -0.25) is 4.72 Å². The summed E-state index contributed by atoms with van der Waals surface area (Å²) in [7, 11) is 0. The van der Waals surface area contributed by atoms with Crippen LogP contribution in [0.1, 0.15) is 32.3 Å². The van der Waals surface area contributed by atoms with Crippen molar-refractivity contribution in [3.8, 4) is 0 Å². The van der Waals surface area contributed by atoms with E-state index in [2.05, 4.69) is 55.0 Å². The Morgan fingerprint density at radius 1 is 1.31 bits per heavy atom. The zero-order valence-electron chi connectivity index (χ0n) is 10.2. The van der Waals surface area contributed by atoms with Crippen molar-refractivity contribution in [2.45, 2.75) is 33.1 Å². The van der Waals surface area contributed by atoms with E-state index in [0.29, 0.717) is 0 Å². The molecule has 1 aromatic rings. The predicted molar refractivity (Wildman–Crippen MR) is 74.4 cm³/mol. The van der Waals surface area contributed by atoms with E-state index >= 15 is 0 Å². The third-order valence-electron chi connectivity index (χ3n) is 2.46. The number of allylic oxidation sites excluding steroid dienone is 2. The van der Waals surface area contributed by atoms with Crippen LogP contribution >= 0.6 is 11.9 Å². The Morgan fingerprint density at radius 3 is 2.69 bits per heavy atom. The number of hydrogen-bond acceptors (Lipinski definition) is 2. The summed E-state index contributed by atoms with van der Waals surface area (Å²) < 4.78 is 3.41. The molecule has 16 heavy (non-hydrogen) atoms. The van der Waals surface area contributed by atoms with Gasteiger partial charge in [0.1, 0.15) is 0 Å². The molecule has 1 nitrogen and oxygen atoms in total. The van der Waals surface area contributed by atoms with Gasteiger partial charge in [0, 0.05) is 6.54 Å². The van der Waals surface area contributed by atoms with Crippen LogP contribution < -0.4 is 4.72 Å². The van der Waals surface area contributed by atoms with Crippen LogP contribution in [-0.2, 0) is 6.42 Å². The summed E-state index contributed by atoms with van der Waals surface area (Å²) in [5.74, 6) is 0. The average molecular weight is 235 g/mol. The Morgan fingerprint density at radius 2 is 2.06 bits per heavy atom. The van der Waals surface area contributed by atoms with Crippen molar-refractivity contribution in [1.29, 1.82) is 0 Å². The van der Waals surface area contributed by atoms with Gasteiger partial charge < -0.3 is 0 Å². The minimum atomic E-state index is 1.07. The van der Waals surface area contributed by atoms with E-state index in [1.165, 1.54) is 16.9 Å². The summed E-state index contributed by atoms with van der Waals surface area (Å²) in [5.41, 5.74) is 1.43. The van der Waals surface area contributed by atoms with Gasteiger partial charge in [0.15, 0.2) is 0 Å². The fraction of sp³-hybridized carbons (Fsp3) is 0.429. The first-order valence-corrected chi connectivity index (χ1v) is 6.77. The molecule has 88 valence electrons. The number of benzene rings is 1. The summed E-state index contributed by atoms with van der Waals surface area (Å²) in [4.78, 5) is 1.42. The maximum atomic E-state index is 3.41. The van der Waals surface area contributed by atoms with Crippen LogP contribution in [-0.4, -0.2) is 6.54 Å². The van der Waals surface area contributed by atoms with Gasteiger partial charge in [-0.05, 0) is 36.7 Å². The molecule has 0 aliphatic heterocycles. The molecule has 0 radical (unpaired) electrons. The lowest BCUT2D eigenvalue weighted by Crippen LogP contribution is -2.06. The second kappa shape index (κ2) is 8.43. The van der Waals surface area contributed by atoms with Crippen LogP contribution in [0.2, 0.25) is 0 Å². The molecule has 0 saturated heterocycles. The van der Waals surface area contributed by atoms with Gasteiger partial charge in [0.2, 0.25) is 0 Å². The Kier molecular flexibility index (Phi) is 7.02. The highest BCUT2D eigenvalue weighted by Crippen LogP contribution is 2.14. The normalized spacial score (nSPS) is 11.8. The van der Waals surface area contributed by atoms with Crippen molar-refractivity contribution < 1.29 is 0 Å². The third kappa shape index (κ3) is 5.38. The van der Waals surface area contributed by atoms with Gasteiger partial charge >= 0.3 is 0 Å². The first-order valence-electron chi connectivity index (χ1n) is 5.95. The number of nitrogens with one attached hydrogen (secondary N) is 1. The second-order valence-corrected chi connectivity index (χ2v) is 4.71. The largest absolute Gasteiger partial charge is 0.260 e. The van der Waals surface area contributed by atoms with E-state index in [0.717, 1.165) is 19.4 Å². The van der Waals surface area contributed by atoms with Crippen molar-refractivity contribution in [3.05, 3.63) is 46.9 Å². The van der Waals surface area contributed by atoms with E-state index in [9.17, 15) is 0 Å². The second-order valence-electron chi connectivity index (χ2n) is 3.69. The maximum Gasteiger partial charge on any atom is 0.00648 e. The Hall–Kier alpha value is -0.730. The van der Waals surface area contributed by atoms with Crippen LogP contribution in [0.4, 0.5) is 0 Å². The lowest BCUT2D eigenvalue weighted by Gasteiger charge is -2.05. The van der Waals surface area contributed by atoms with Crippen LogP contribution in [0.3, 0.4) is 0 Å². The van der Waals surface area contributed by atoms with Gasteiger partial charge in [-0.1, -0.05) is 55.3 Å². The molecule has 0 saturated carbocycles. The number of hydrogen-bond donors (Lipinski definition) is 1. The zero-order chi connectivity index (χ0) is 11.6. The van der Waals surface area contributed by atoms with Gasteiger partial charge in [-0.25, -0.2) is 0 Å². The summed E-state index contributed by atoms with van der Waals surface area (Å²) in [6.07, 6.45) is 5.64. The third-order valence-corrected chi connectivity index (χ3v) is 3.60. The minimum absolute atomic E-state index is 1.07. The van der Waals surface area contributed by atoms with Crippen molar-refractivity contribution in [3.63, 3.8) is 0 Å². The first-order chi connectivity index (χ1) is 7.86. The number of rotatable bonds is 7. The van der Waals surface area contributed by atoms with Crippen LogP contribution in [0.15, 0.2) is 41.3 Å². The summed E-state index contributed by atoms with van der Waals surface area (Å²) in [5, 5.41) is 0. The summed E-state index contributed by atoms with van der Waals surface area (Å²) >= 11 is 1.77. The topological polar surface area (TPSA) is 12.0 Å². The summed E-state index contributed by atoms with van der Waals surface area (Å²) in [6.45, 7) is 5.35. The zero-order valence-corrected chi connectivity index (χ0v) is 11.0. The van der Waals surface area contributed by atoms with Gasteiger partial charge in [0.05, 0.1) is 0 Å². The molecule has 0 aliphatic carbocycles. The highest BCUT2D eigenvalue weighted by Gasteiger charge is 1.94. The fourth-order valence-electron chi connectivity index (χ4n) is 1.49. The van der Waals surface area contributed by atoms with E-state index in [1.807, 2.05) is 0 Å². The molecular formula is C14H21NS. The van der Waals surface area contributed by atoms with E-state index in [1.54, 1.807) is 11.9 Å². The molecule has 0 fully saturated rings. The smallest absolute Gasteiger partial charge is 0.00648 e. The monoisotopic (exact) mass is 235 g/mol. The Labute approximate surface area is 103 Å². The van der Waals surface area contributed by atoms with Crippen LogP contribution in [0.5, 0.6) is 0 Å². The molecule has 0 spiro atoms. The molecule has 0 heterocycles. The van der Waals surface area contributed by atoms with Crippen LogP contribution in [0, 0.1) is 0 Å². The quantitative estimate of drug-likeness (QED) is 0.562. The first kappa shape index (κ1) is 13.3. The standard InChI is InChI=1S/C14H21NS/c1-3-14(4-2)16-15-12-8-11-13-9-6-5-7-10-13/h3,5-7,9-10,15H,4,8,11-12H2,1-2H3/b14-3-. The Balaban J connectivity index is 2.09. The maximum absolute atomic E-state index is 3.41. The SMILES string of the molecule is C/C=C(/CC)SNCCCc1ccccc1. The molecule has 0 bridgehead atoms. The Bertz CT molecular complexity index is 306. The molecule has 1 N–H and O–H groups in total. The van der Waals surface area contributed by atoms with Crippen molar-refractivity contribution in [2.75, 3.05) is 6.54 Å². The molecule has 2 heteroatoms. The molecular weight excluding hydrogens is 214 g/mol.